The van der Waals surface area contributed by atoms with Gasteiger partial charge in [-0.15, -0.1) is 0 Å². The van der Waals surface area contributed by atoms with E-state index in [4.69, 9.17) is 0 Å². The molecule has 3 rings (SSSR count). The number of hydrogen-bond donors (Lipinski definition) is 1. The van der Waals surface area contributed by atoms with Crippen molar-refractivity contribution in [2.24, 2.45) is 0 Å². The van der Waals surface area contributed by atoms with Gasteiger partial charge in [0.05, 0.1) is 12.2 Å². The Morgan fingerprint density at radius 3 is 2.67 bits per heavy atom. The number of aromatic nitrogens is 2. The summed E-state index contributed by atoms with van der Waals surface area (Å²) in [6.45, 7) is 2.91. The van der Waals surface area contributed by atoms with E-state index in [2.05, 4.69) is 64.3 Å². The second kappa shape index (κ2) is 4.46. The highest BCUT2D eigenvalue weighted by Gasteiger charge is 2.12. The van der Waals surface area contributed by atoms with Gasteiger partial charge in [-0.25, -0.2) is 4.98 Å². The van der Waals surface area contributed by atoms with Crippen LogP contribution in [-0.4, -0.2) is 30.2 Å². The summed E-state index contributed by atoms with van der Waals surface area (Å²) in [5.41, 5.74) is 3.46. The standard InChI is InChI=1S/C14H18N4/c1-17(2)12-5-3-11(4-6-12)13-10-18-8-7-15-9-14(18)16-13/h3-6,10,15H,7-9H2,1-2H3. The van der Waals surface area contributed by atoms with Crippen molar-refractivity contribution >= 4 is 5.69 Å². The van der Waals surface area contributed by atoms with Crippen molar-refractivity contribution in [1.29, 1.82) is 0 Å². The summed E-state index contributed by atoms with van der Waals surface area (Å²) in [6.07, 6.45) is 2.15. The average Bonchev–Trinajstić information content (AvgIpc) is 2.82. The summed E-state index contributed by atoms with van der Waals surface area (Å²) < 4.78 is 2.24. The van der Waals surface area contributed by atoms with Crippen LogP contribution in [0.1, 0.15) is 5.82 Å². The van der Waals surface area contributed by atoms with Crippen LogP contribution in [0.25, 0.3) is 11.3 Å². The minimum atomic E-state index is 0.871. The zero-order valence-electron chi connectivity index (χ0n) is 10.8. The van der Waals surface area contributed by atoms with Gasteiger partial charge >= 0.3 is 0 Å². The first-order valence-electron chi connectivity index (χ1n) is 6.28. The smallest absolute Gasteiger partial charge is 0.123 e. The molecule has 0 amide bonds. The normalized spacial score (nSPS) is 14.3. The van der Waals surface area contributed by atoms with E-state index in [1.165, 1.54) is 11.3 Å². The van der Waals surface area contributed by atoms with Gasteiger partial charge in [-0.3, -0.25) is 0 Å². The zero-order valence-corrected chi connectivity index (χ0v) is 10.8. The van der Waals surface area contributed by atoms with Crippen LogP contribution >= 0.6 is 0 Å². The lowest BCUT2D eigenvalue weighted by molar-refractivity contribution is 0.505. The summed E-state index contributed by atoms with van der Waals surface area (Å²) in [5.74, 6) is 1.13. The Labute approximate surface area is 107 Å². The fraction of sp³-hybridized carbons (Fsp3) is 0.357. The second-order valence-corrected chi connectivity index (χ2v) is 4.85. The average molecular weight is 242 g/mol. The molecule has 1 aliphatic rings. The van der Waals surface area contributed by atoms with Gasteiger partial charge in [0, 0.05) is 44.6 Å². The third kappa shape index (κ3) is 1.99. The van der Waals surface area contributed by atoms with Crippen molar-refractivity contribution in [2.45, 2.75) is 13.1 Å². The molecule has 0 atom stereocenters. The molecule has 2 aromatic rings. The molecule has 2 heterocycles. The summed E-state index contributed by atoms with van der Waals surface area (Å²) >= 11 is 0. The van der Waals surface area contributed by atoms with Gasteiger partial charge in [0.25, 0.3) is 0 Å². The predicted octanol–water partition coefficient (Wildman–Crippen LogP) is 1.72. The van der Waals surface area contributed by atoms with Crippen LogP contribution in [0.15, 0.2) is 30.5 Å². The summed E-state index contributed by atoms with van der Waals surface area (Å²) in [5, 5.41) is 3.34. The van der Waals surface area contributed by atoms with Gasteiger partial charge in [-0.2, -0.15) is 0 Å². The first-order chi connectivity index (χ1) is 8.74. The lowest BCUT2D eigenvalue weighted by Crippen LogP contribution is -2.27. The lowest BCUT2D eigenvalue weighted by Gasteiger charge is -2.13. The number of nitrogens with zero attached hydrogens (tertiary/aromatic N) is 3. The SMILES string of the molecule is CN(C)c1ccc(-c2cn3c(n2)CNCC3)cc1. The van der Waals surface area contributed by atoms with Crippen molar-refractivity contribution in [2.75, 3.05) is 25.5 Å². The molecular formula is C14H18N4. The van der Waals surface area contributed by atoms with E-state index in [9.17, 15) is 0 Å². The molecule has 0 fully saturated rings. The van der Waals surface area contributed by atoms with Crippen LogP contribution in [0.3, 0.4) is 0 Å². The quantitative estimate of drug-likeness (QED) is 0.870. The van der Waals surface area contributed by atoms with Crippen molar-refractivity contribution < 1.29 is 0 Å². The maximum Gasteiger partial charge on any atom is 0.123 e. The number of rotatable bonds is 2. The van der Waals surface area contributed by atoms with Crippen LogP contribution in [-0.2, 0) is 13.1 Å². The minimum Gasteiger partial charge on any atom is -0.378 e. The Morgan fingerprint density at radius 1 is 1.22 bits per heavy atom. The van der Waals surface area contributed by atoms with Crippen LogP contribution < -0.4 is 10.2 Å². The highest BCUT2D eigenvalue weighted by molar-refractivity contribution is 5.62. The largest absolute Gasteiger partial charge is 0.378 e. The number of imidazole rings is 1. The van der Waals surface area contributed by atoms with E-state index >= 15 is 0 Å². The molecule has 1 aromatic carbocycles. The molecule has 0 saturated carbocycles. The van der Waals surface area contributed by atoms with E-state index in [-0.39, 0.29) is 0 Å². The maximum atomic E-state index is 4.68. The predicted molar refractivity (Wildman–Crippen MR) is 73.7 cm³/mol. The van der Waals surface area contributed by atoms with E-state index in [0.29, 0.717) is 0 Å². The molecule has 1 aromatic heterocycles. The molecular weight excluding hydrogens is 224 g/mol. The second-order valence-electron chi connectivity index (χ2n) is 4.85. The van der Waals surface area contributed by atoms with Crippen molar-refractivity contribution in [3.8, 4) is 11.3 Å². The molecule has 1 aliphatic heterocycles. The highest BCUT2D eigenvalue weighted by Crippen LogP contribution is 2.22. The molecule has 1 N–H and O–H groups in total. The van der Waals surface area contributed by atoms with E-state index in [0.717, 1.165) is 31.2 Å². The molecule has 0 spiro atoms. The van der Waals surface area contributed by atoms with E-state index in [1.807, 2.05) is 0 Å². The molecule has 4 heteroatoms. The molecule has 0 radical (unpaired) electrons. The van der Waals surface area contributed by atoms with Crippen molar-refractivity contribution in [3.05, 3.63) is 36.3 Å². The number of anilines is 1. The van der Waals surface area contributed by atoms with Gasteiger partial charge in [-0.1, -0.05) is 12.1 Å². The molecule has 0 bridgehead atoms. The lowest BCUT2D eigenvalue weighted by atomic mass is 10.1. The van der Waals surface area contributed by atoms with Crippen LogP contribution in [0, 0.1) is 0 Å². The molecule has 0 aliphatic carbocycles. The maximum absolute atomic E-state index is 4.68. The number of benzene rings is 1. The number of hydrogen-bond acceptors (Lipinski definition) is 3. The summed E-state index contributed by atoms with van der Waals surface area (Å²) in [4.78, 5) is 6.79. The third-order valence-electron chi connectivity index (χ3n) is 3.35. The summed E-state index contributed by atoms with van der Waals surface area (Å²) in [6, 6.07) is 8.53. The number of fused-ring (bicyclic) bond motifs is 1. The molecule has 0 unspecified atom stereocenters. The van der Waals surface area contributed by atoms with Crippen molar-refractivity contribution in [1.82, 2.24) is 14.9 Å². The minimum absolute atomic E-state index is 0.871. The zero-order chi connectivity index (χ0) is 12.5. The Morgan fingerprint density at radius 2 is 2.00 bits per heavy atom. The third-order valence-corrected chi connectivity index (χ3v) is 3.35. The van der Waals surface area contributed by atoms with Gasteiger partial charge in [0.15, 0.2) is 0 Å². The van der Waals surface area contributed by atoms with Gasteiger partial charge in [0.1, 0.15) is 5.82 Å². The highest BCUT2D eigenvalue weighted by atomic mass is 15.1. The fourth-order valence-electron chi connectivity index (χ4n) is 2.26. The monoisotopic (exact) mass is 242 g/mol. The number of nitrogens with one attached hydrogen (secondary N) is 1. The fourth-order valence-corrected chi connectivity index (χ4v) is 2.26. The van der Waals surface area contributed by atoms with E-state index < -0.39 is 0 Å². The van der Waals surface area contributed by atoms with Gasteiger partial charge in [-0.05, 0) is 12.1 Å². The van der Waals surface area contributed by atoms with Crippen molar-refractivity contribution in [3.63, 3.8) is 0 Å². The first kappa shape index (κ1) is 11.3. The van der Waals surface area contributed by atoms with E-state index in [1.54, 1.807) is 0 Å². The Kier molecular flexibility index (Phi) is 2.80. The topological polar surface area (TPSA) is 33.1 Å². The summed E-state index contributed by atoms with van der Waals surface area (Å²) in [7, 11) is 4.10. The Bertz CT molecular complexity index is 516. The molecule has 0 saturated heterocycles. The Hall–Kier alpha value is -1.81. The molecule has 4 nitrogen and oxygen atoms in total. The van der Waals surface area contributed by atoms with Crippen LogP contribution in [0.5, 0.6) is 0 Å². The van der Waals surface area contributed by atoms with Gasteiger partial charge < -0.3 is 14.8 Å². The Balaban J connectivity index is 1.92. The molecule has 94 valence electrons. The van der Waals surface area contributed by atoms with Crippen LogP contribution in [0.2, 0.25) is 0 Å². The van der Waals surface area contributed by atoms with Gasteiger partial charge in [0.2, 0.25) is 0 Å². The first-order valence-corrected chi connectivity index (χ1v) is 6.28. The molecule has 18 heavy (non-hydrogen) atoms. The van der Waals surface area contributed by atoms with Crippen LogP contribution in [0.4, 0.5) is 5.69 Å².